The van der Waals surface area contributed by atoms with Crippen molar-refractivity contribution in [3.63, 3.8) is 0 Å². The van der Waals surface area contributed by atoms with Crippen LogP contribution in [0.3, 0.4) is 0 Å². The van der Waals surface area contributed by atoms with E-state index in [2.05, 4.69) is 9.80 Å². The molecular formula is C16H23N3O2. The van der Waals surface area contributed by atoms with E-state index < -0.39 is 5.97 Å². The van der Waals surface area contributed by atoms with Gasteiger partial charge in [-0.2, -0.15) is 0 Å². The highest BCUT2D eigenvalue weighted by Crippen LogP contribution is 2.29. The van der Waals surface area contributed by atoms with Crippen LogP contribution >= 0.6 is 0 Å². The van der Waals surface area contributed by atoms with Crippen molar-refractivity contribution < 1.29 is 9.90 Å². The summed E-state index contributed by atoms with van der Waals surface area (Å²) in [4.78, 5) is 16.2. The highest BCUT2D eigenvalue weighted by molar-refractivity contribution is 5.95. The van der Waals surface area contributed by atoms with E-state index in [1.54, 1.807) is 12.1 Å². The number of nitrogens with zero attached hydrogens (tertiary/aromatic N) is 2. The van der Waals surface area contributed by atoms with E-state index in [1.165, 1.54) is 32.4 Å². The second kappa shape index (κ2) is 5.93. The highest BCUT2D eigenvalue weighted by atomic mass is 16.4. The number of nitrogen functional groups attached to an aromatic ring is 1. The zero-order chi connectivity index (χ0) is 14.8. The summed E-state index contributed by atoms with van der Waals surface area (Å²) >= 11 is 0. The topological polar surface area (TPSA) is 69.8 Å². The van der Waals surface area contributed by atoms with Crippen LogP contribution in [0.1, 0.15) is 36.0 Å². The Labute approximate surface area is 125 Å². The molecule has 2 saturated heterocycles. The quantitative estimate of drug-likeness (QED) is 0.833. The van der Waals surface area contributed by atoms with Crippen LogP contribution in [0.4, 0.5) is 11.4 Å². The minimum atomic E-state index is -0.904. The van der Waals surface area contributed by atoms with Crippen molar-refractivity contribution in [3.05, 3.63) is 23.8 Å². The number of aromatic carboxylic acids is 1. The lowest BCUT2D eigenvalue weighted by Gasteiger charge is -2.32. The smallest absolute Gasteiger partial charge is 0.337 e. The van der Waals surface area contributed by atoms with Crippen molar-refractivity contribution in [1.29, 1.82) is 0 Å². The maximum Gasteiger partial charge on any atom is 0.337 e. The third kappa shape index (κ3) is 2.97. The fourth-order valence-corrected chi connectivity index (χ4v) is 3.54. The lowest BCUT2D eigenvalue weighted by Crippen LogP contribution is -2.41. The third-order valence-corrected chi connectivity index (χ3v) is 4.66. The Morgan fingerprint density at radius 2 is 1.95 bits per heavy atom. The predicted octanol–water partition coefficient (Wildman–Crippen LogP) is 2.03. The van der Waals surface area contributed by atoms with E-state index >= 15 is 0 Å². The van der Waals surface area contributed by atoms with Crippen LogP contribution < -0.4 is 10.6 Å². The van der Waals surface area contributed by atoms with Gasteiger partial charge in [-0.3, -0.25) is 4.90 Å². The van der Waals surface area contributed by atoms with Crippen molar-refractivity contribution in [2.24, 2.45) is 0 Å². The summed E-state index contributed by atoms with van der Waals surface area (Å²) in [6.45, 7) is 4.22. The number of hydrogen-bond donors (Lipinski definition) is 2. The molecular weight excluding hydrogens is 266 g/mol. The maximum absolute atomic E-state index is 11.4. The van der Waals surface area contributed by atoms with Gasteiger partial charge in [-0.15, -0.1) is 0 Å². The van der Waals surface area contributed by atoms with E-state index in [9.17, 15) is 9.90 Å². The molecule has 1 atom stereocenters. The first-order valence-corrected chi connectivity index (χ1v) is 7.77. The number of benzene rings is 1. The number of likely N-dealkylation sites (tertiary alicyclic amines) is 1. The molecule has 5 nitrogen and oxygen atoms in total. The van der Waals surface area contributed by atoms with Crippen LogP contribution in [-0.4, -0.2) is 48.2 Å². The molecule has 0 radical (unpaired) electrons. The number of carboxylic acids is 1. The summed E-state index contributed by atoms with van der Waals surface area (Å²) in [5.41, 5.74) is 7.34. The average molecular weight is 289 g/mol. The Morgan fingerprint density at radius 3 is 2.67 bits per heavy atom. The summed E-state index contributed by atoms with van der Waals surface area (Å²) < 4.78 is 0. The maximum atomic E-state index is 11.4. The van der Waals surface area contributed by atoms with E-state index in [0.29, 0.717) is 17.3 Å². The molecule has 2 aliphatic rings. The molecule has 21 heavy (non-hydrogen) atoms. The fraction of sp³-hybridized carbons (Fsp3) is 0.562. The number of carbonyl (C=O) groups is 1. The lowest BCUT2D eigenvalue weighted by atomic mass is 10.1. The highest BCUT2D eigenvalue weighted by Gasteiger charge is 2.30. The van der Waals surface area contributed by atoms with Gasteiger partial charge in [0.25, 0.3) is 0 Å². The number of anilines is 2. The molecule has 114 valence electrons. The Hall–Kier alpha value is -1.75. The van der Waals surface area contributed by atoms with Crippen LogP contribution in [-0.2, 0) is 0 Å². The first-order chi connectivity index (χ1) is 10.1. The average Bonchev–Trinajstić information content (AvgIpc) is 2.97. The first-order valence-electron chi connectivity index (χ1n) is 7.77. The monoisotopic (exact) mass is 289 g/mol. The van der Waals surface area contributed by atoms with Crippen LogP contribution in [0.15, 0.2) is 18.2 Å². The van der Waals surface area contributed by atoms with Gasteiger partial charge in [0.05, 0.1) is 11.3 Å². The SMILES string of the molecule is Nc1ccc(N2CCC(N3CCCCC3)C2)c(C(=O)O)c1. The molecule has 0 aromatic heterocycles. The van der Waals surface area contributed by atoms with Gasteiger partial charge >= 0.3 is 5.97 Å². The van der Waals surface area contributed by atoms with Gasteiger partial charge in [0.15, 0.2) is 0 Å². The molecule has 0 amide bonds. The standard InChI is InChI=1S/C16H23N3O2/c17-12-4-5-15(14(10-12)16(20)21)19-9-6-13(11-19)18-7-2-1-3-8-18/h4-5,10,13H,1-3,6-9,11,17H2,(H,20,21). The van der Waals surface area contributed by atoms with Crippen LogP contribution in [0, 0.1) is 0 Å². The minimum Gasteiger partial charge on any atom is -0.478 e. The van der Waals surface area contributed by atoms with Crippen LogP contribution in [0.25, 0.3) is 0 Å². The van der Waals surface area contributed by atoms with Gasteiger partial charge in [-0.1, -0.05) is 6.42 Å². The summed E-state index contributed by atoms with van der Waals surface area (Å²) in [5.74, 6) is -0.904. The molecule has 2 aliphatic heterocycles. The van der Waals surface area contributed by atoms with Crippen molar-refractivity contribution in [2.75, 3.05) is 36.8 Å². The Kier molecular flexibility index (Phi) is 4.01. The number of piperidine rings is 1. The van der Waals surface area contributed by atoms with Gasteiger partial charge in [-0.05, 0) is 50.6 Å². The molecule has 0 spiro atoms. The number of hydrogen-bond acceptors (Lipinski definition) is 4. The Bertz CT molecular complexity index is 526. The molecule has 5 heteroatoms. The van der Waals surface area contributed by atoms with E-state index in [-0.39, 0.29) is 0 Å². The second-order valence-electron chi connectivity index (χ2n) is 6.07. The molecule has 3 N–H and O–H groups in total. The minimum absolute atomic E-state index is 0.314. The summed E-state index contributed by atoms with van der Waals surface area (Å²) in [6.07, 6.45) is 5.04. The van der Waals surface area contributed by atoms with Gasteiger partial charge in [0, 0.05) is 24.8 Å². The Morgan fingerprint density at radius 1 is 1.19 bits per heavy atom. The predicted molar refractivity (Wildman–Crippen MR) is 83.9 cm³/mol. The van der Waals surface area contributed by atoms with E-state index in [1.807, 2.05) is 6.07 Å². The normalized spacial score (nSPS) is 23.4. The van der Waals surface area contributed by atoms with Gasteiger partial charge in [0.1, 0.15) is 0 Å². The number of nitrogens with two attached hydrogens (primary N) is 1. The molecule has 0 bridgehead atoms. The summed E-state index contributed by atoms with van der Waals surface area (Å²) in [5, 5.41) is 9.37. The summed E-state index contributed by atoms with van der Waals surface area (Å²) in [6, 6.07) is 5.75. The Balaban J connectivity index is 1.75. The molecule has 0 aliphatic carbocycles. The zero-order valence-electron chi connectivity index (χ0n) is 12.3. The number of carboxylic acid groups (broad SMARTS) is 1. The molecule has 1 aromatic carbocycles. The third-order valence-electron chi connectivity index (χ3n) is 4.66. The number of rotatable bonds is 3. The van der Waals surface area contributed by atoms with Crippen LogP contribution in [0.5, 0.6) is 0 Å². The van der Waals surface area contributed by atoms with Gasteiger partial charge < -0.3 is 15.7 Å². The molecule has 2 fully saturated rings. The second-order valence-corrected chi connectivity index (χ2v) is 6.07. The van der Waals surface area contributed by atoms with E-state index in [0.717, 1.165) is 25.2 Å². The van der Waals surface area contributed by atoms with Gasteiger partial charge in [-0.25, -0.2) is 4.79 Å². The van der Waals surface area contributed by atoms with Crippen molar-refractivity contribution in [1.82, 2.24) is 4.90 Å². The van der Waals surface area contributed by atoms with Crippen molar-refractivity contribution >= 4 is 17.3 Å². The van der Waals surface area contributed by atoms with Crippen molar-refractivity contribution in [2.45, 2.75) is 31.7 Å². The molecule has 3 rings (SSSR count). The van der Waals surface area contributed by atoms with Gasteiger partial charge in [0.2, 0.25) is 0 Å². The molecule has 1 unspecified atom stereocenters. The molecule has 2 heterocycles. The largest absolute Gasteiger partial charge is 0.478 e. The van der Waals surface area contributed by atoms with Crippen LogP contribution in [0.2, 0.25) is 0 Å². The first kappa shape index (κ1) is 14.2. The zero-order valence-corrected chi connectivity index (χ0v) is 12.3. The summed E-state index contributed by atoms with van der Waals surface area (Å²) in [7, 11) is 0. The fourth-order valence-electron chi connectivity index (χ4n) is 3.54. The van der Waals surface area contributed by atoms with E-state index in [4.69, 9.17) is 5.73 Å². The molecule has 0 saturated carbocycles. The van der Waals surface area contributed by atoms with Crippen molar-refractivity contribution in [3.8, 4) is 0 Å². The lowest BCUT2D eigenvalue weighted by molar-refractivity contribution is 0.0697. The molecule has 1 aromatic rings.